The highest BCUT2D eigenvalue weighted by molar-refractivity contribution is 9.11. The molecule has 21 heavy (non-hydrogen) atoms. The zero-order chi connectivity index (χ0) is 15.6. The number of carboxylic acid groups (broad SMARTS) is 1. The summed E-state index contributed by atoms with van der Waals surface area (Å²) in [7, 11) is 1.51. The Labute approximate surface area is 136 Å². The van der Waals surface area contributed by atoms with Gasteiger partial charge in [-0.2, -0.15) is 0 Å². The number of benzene rings is 1. The number of hydrogen-bond donors (Lipinski definition) is 2. The second-order valence-electron chi connectivity index (χ2n) is 3.93. The summed E-state index contributed by atoms with van der Waals surface area (Å²) in [4.78, 5) is 22.8. The number of anilines is 1. The van der Waals surface area contributed by atoms with Crippen LogP contribution in [0.15, 0.2) is 37.8 Å². The van der Waals surface area contributed by atoms with Gasteiger partial charge in [-0.1, -0.05) is 0 Å². The van der Waals surface area contributed by atoms with E-state index in [1.54, 1.807) is 12.1 Å². The molecular weight excluding hydrogens is 410 g/mol. The van der Waals surface area contributed by atoms with Crippen molar-refractivity contribution in [2.45, 2.75) is 0 Å². The number of carboxylic acids is 1. The molecule has 0 saturated heterocycles. The Hall–Kier alpha value is -1.80. The number of amides is 1. The quantitative estimate of drug-likeness (QED) is 0.788. The predicted molar refractivity (Wildman–Crippen MR) is 82.0 cm³/mol. The van der Waals surface area contributed by atoms with E-state index in [0.717, 1.165) is 16.8 Å². The number of hydrogen-bond acceptors (Lipinski definition) is 4. The molecule has 0 fully saturated rings. The normalized spacial score (nSPS) is 10.2. The van der Waals surface area contributed by atoms with Gasteiger partial charge in [0.25, 0.3) is 5.91 Å². The minimum atomic E-state index is -1.16. The maximum Gasteiger partial charge on any atom is 0.338 e. The van der Waals surface area contributed by atoms with Gasteiger partial charge >= 0.3 is 5.97 Å². The van der Waals surface area contributed by atoms with Gasteiger partial charge in [0.1, 0.15) is 12.0 Å². The van der Waals surface area contributed by atoms with Crippen LogP contribution >= 0.6 is 31.9 Å². The standard InChI is InChI=1S/C13H9Br2NO5/c1-20-10-4-9(7(14)3-8(10)15)16-12(17)11-2-6(5-21-11)13(18)19/h2-5H,1H3,(H,16,17)(H,18,19). The van der Waals surface area contributed by atoms with Gasteiger partial charge in [-0.3, -0.25) is 4.79 Å². The summed E-state index contributed by atoms with van der Waals surface area (Å²) in [6.45, 7) is 0. The van der Waals surface area contributed by atoms with Crippen LogP contribution < -0.4 is 10.1 Å². The van der Waals surface area contributed by atoms with Crippen molar-refractivity contribution >= 4 is 49.4 Å². The fourth-order valence-corrected chi connectivity index (χ4v) is 2.79. The first-order valence-corrected chi connectivity index (χ1v) is 7.17. The molecule has 0 saturated carbocycles. The molecule has 0 atom stereocenters. The first-order valence-electron chi connectivity index (χ1n) is 5.58. The number of ether oxygens (including phenoxy) is 1. The summed E-state index contributed by atoms with van der Waals surface area (Å²) in [6.07, 6.45) is 1.01. The average molecular weight is 419 g/mol. The first-order chi connectivity index (χ1) is 9.92. The van der Waals surface area contributed by atoms with E-state index >= 15 is 0 Å². The van der Waals surface area contributed by atoms with Gasteiger partial charge in [0, 0.05) is 16.6 Å². The third-order valence-corrected chi connectivity index (χ3v) is 3.84. The number of aromatic carboxylic acids is 1. The van der Waals surface area contributed by atoms with Crippen molar-refractivity contribution in [2.75, 3.05) is 12.4 Å². The molecule has 2 aromatic rings. The van der Waals surface area contributed by atoms with Gasteiger partial charge in [0.2, 0.25) is 0 Å². The fourth-order valence-electron chi connectivity index (χ4n) is 1.53. The lowest BCUT2D eigenvalue weighted by atomic mass is 10.2. The molecule has 0 unspecified atom stereocenters. The topological polar surface area (TPSA) is 88.8 Å². The Morgan fingerprint density at radius 3 is 2.52 bits per heavy atom. The van der Waals surface area contributed by atoms with E-state index in [-0.39, 0.29) is 11.3 Å². The van der Waals surface area contributed by atoms with E-state index in [4.69, 9.17) is 14.3 Å². The molecule has 6 nitrogen and oxygen atoms in total. The van der Waals surface area contributed by atoms with E-state index in [2.05, 4.69) is 37.2 Å². The molecule has 0 radical (unpaired) electrons. The Morgan fingerprint density at radius 2 is 1.95 bits per heavy atom. The highest BCUT2D eigenvalue weighted by atomic mass is 79.9. The van der Waals surface area contributed by atoms with E-state index < -0.39 is 11.9 Å². The van der Waals surface area contributed by atoms with Crippen LogP contribution in [0.5, 0.6) is 5.75 Å². The monoisotopic (exact) mass is 417 g/mol. The van der Waals surface area contributed by atoms with Gasteiger partial charge in [-0.15, -0.1) is 0 Å². The number of carbonyl (C=O) groups is 2. The van der Waals surface area contributed by atoms with Gasteiger partial charge < -0.3 is 19.6 Å². The molecule has 110 valence electrons. The number of furan rings is 1. The Kier molecular flexibility index (Phi) is 4.69. The summed E-state index contributed by atoms with van der Waals surface area (Å²) >= 11 is 6.64. The minimum absolute atomic E-state index is 0.0902. The molecule has 1 aromatic carbocycles. The van der Waals surface area contributed by atoms with Crippen LogP contribution in [0.25, 0.3) is 0 Å². The zero-order valence-corrected chi connectivity index (χ0v) is 13.8. The lowest BCUT2D eigenvalue weighted by Gasteiger charge is -2.10. The fraction of sp³-hybridized carbons (Fsp3) is 0.0769. The van der Waals surface area contributed by atoms with Gasteiger partial charge in [-0.25, -0.2) is 4.79 Å². The molecular formula is C13H9Br2NO5. The number of rotatable bonds is 4. The highest BCUT2D eigenvalue weighted by Gasteiger charge is 2.16. The summed E-state index contributed by atoms with van der Waals surface area (Å²) < 4.78 is 11.4. The van der Waals surface area contributed by atoms with Crippen LogP contribution in [0.4, 0.5) is 5.69 Å². The number of nitrogens with one attached hydrogen (secondary N) is 1. The largest absolute Gasteiger partial charge is 0.495 e. The Morgan fingerprint density at radius 1 is 1.24 bits per heavy atom. The van der Waals surface area contributed by atoms with Gasteiger partial charge in [-0.05, 0) is 37.9 Å². The maximum atomic E-state index is 12.0. The highest BCUT2D eigenvalue weighted by Crippen LogP contribution is 2.34. The maximum absolute atomic E-state index is 12.0. The molecule has 0 aliphatic heterocycles. The number of methoxy groups -OCH3 is 1. The van der Waals surface area contributed by atoms with Crippen LogP contribution in [-0.4, -0.2) is 24.1 Å². The predicted octanol–water partition coefficient (Wildman–Crippen LogP) is 3.76. The van der Waals surface area contributed by atoms with Crippen molar-refractivity contribution < 1.29 is 23.8 Å². The second kappa shape index (κ2) is 6.31. The summed E-state index contributed by atoms with van der Waals surface area (Å²) in [5.74, 6) is -1.28. The summed E-state index contributed by atoms with van der Waals surface area (Å²) in [5.41, 5.74) is 0.376. The van der Waals surface area contributed by atoms with E-state index in [1.165, 1.54) is 7.11 Å². The summed E-state index contributed by atoms with van der Waals surface area (Å²) in [5, 5.41) is 11.4. The van der Waals surface area contributed by atoms with Crippen molar-refractivity contribution in [1.29, 1.82) is 0 Å². The minimum Gasteiger partial charge on any atom is -0.495 e. The van der Waals surface area contributed by atoms with Crippen molar-refractivity contribution in [1.82, 2.24) is 0 Å². The van der Waals surface area contributed by atoms with E-state index in [9.17, 15) is 9.59 Å². The molecule has 2 N–H and O–H groups in total. The lowest BCUT2D eigenvalue weighted by molar-refractivity contribution is 0.0696. The third kappa shape index (κ3) is 3.45. The van der Waals surface area contributed by atoms with Crippen LogP contribution in [-0.2, 0) is 0 Å². The number of carbonyl (C=O) groups excluding carboxylic acids is 1. The molecule has 2 rings (SSSR count). The molecule has 1 aromatic heterocycles. The SMILES string of the molecule is COc1cc(NC(=O)c2cc(C(=O)O)co2)c(Br)cc1Br. The zero-order valence-electron chi connectivity index (χ0n) is 10.6. The van der Waals surface area contributed by atoms with Crippen LogP contribution in [0.1, 0.15) is 20.9 Å². The molecule has 0 spiro atoms. The smallest absolute Gasteiger partial charge is 0.338 e. The lowest BCUT2D eigenvalue weighted by Crippen LogP contribution is -2.11. The third-order valence-electron chi connectivity index (χ3n) is 2.56. The first kappa shape index (κ1) is 15.6. The van der Waals surface area contributed by atoms with Crippen molar-refractivity contribution in [2.24, 2.45) is 0 Å². The molecule has 0 aliphatic carbocycles. The van der Waals surface area contributed by atoms with Crippen molar-refractivity contribution in [3.05, 3.63) is 44.7 Å². The van der Waals surface area contributed by atoms with Gasteiger partial charge in [0.05, 0.1) is 22.8 Å². The van der Waals surface area contributed by atoms with E-state index in [1.807, 2.05) is 0 Å². The van der Waals surface area contributed by atoms with Crippen LogP contribution in [0.3, 0.4) is 0 Å². The second-order valence-corrected chi connectivity index (χ2v) is 5.63. The Balaban J connectivity index is 2.24. The van der Waals surface area contributed by atoms with E-state index in [0.29, 0.717) is 15.9 Å². The van der Waals surface area contributed by atoms with Crippen molar-refractivity contribution in [3.8, 4) is 5.75 Å². The van der Waals surface area contributed by atoms with Crippen LogP contribution in [0.2, 0.25) is 0 Å². The molecule has 1 heterocycles. The molecule has 1 amide bonds. The van der Waals surface area contributed by atoms with Crippen molar-refractivity contribution in [3.63, 3.8) is 0 Å². The molecule has 0 aliphatic rings. The van der Waals surface area contributed by atoms with Gasteiger partial charge in [0.15, 0.2) is 5.76 Å². The Bertz CT molecular complexity index is 711. The molecule has 0 bridgehead atoms. The summed E-state index contributed by atoms with van der Waals surface area (Å²) in [6, 6.07) is 4.49. The molecule has 8 heteroatoms. The average Bonchev–Trinajstić information content (AvgIpc) is 2.91. The number of halogens is 2. The van der Waals surface area contributed by atoms with Crippen LogP contribution in [0, 0.1) is 0 Å².